The number of nitrogens with one attached hydrogen (secondary N) is 1. The molecule has 1 N–H and O–H groups in total. The van der Waals surface area contributed by atoms with Crippen LogP contribution in [0, 0.1) is 5.92 Å². The third-order valence-electron chi connectivity index (χ3n) is 4.24. The van der Waals surface area contributed by atoms with Crippen LogP contribution in [0.1, 0.15) is 43.9 Å². The molecule has 1 fully saturated rings. The van der Waals surface area contributed by atoms with E-state index < -0.39 is 11.7 Å². The van der Waals surface area contributed by atoms with Gasteiger partial charge in [0, 0.05) is 37.2 Å². The van der Waals surface area contributed by atoms with Crippen LogP contribution in [0.5, 0.6) is 0 Å². The van der Waals surface area contributed by atoms with Crippen molar-refractivity contribution in [3.8, 4) is 0 Å². The maximum absolute atomic E-state index is 13.1. The van der Waals surface area contributed by atoms with E-state index in [4.69, 9.17) is 11.6 Å². The summed E-state index contributed by atoms with van der Waals surface area (Å²) in [5.41, 5.74) is 0.0112. The van der Waals surface area contributed by atoms with Crippen LogP contribution >= 0.6 is 11.6 Å². The van der Waals surface area contributed by atoms with Crippen molar-refractivity contribution >= 4 is 11.6 Å². The Morgan fingerprint density at radius 1 is 1.13 bits per heavy atom. The van der Waals surface area contributed by atoms with Crippen LogP contribution in [0.4, 0.5) is 13.2 Å². The normalized spacial score (nSPS) is 18.4. The summed E-state index contributed by atoms with van der Waals surface area (Å²) in [7, 11) is 0. The Morgan fingerprint density at radius 3 is 2.35 bits per heavy atom. The van der Waals surface area contributed by atoms with E-state index in [0.29, 0.717) is 11.5 Å². The molecule has 1 heterocycles. The van der Waals surface area contributed by atoms with Crippen molar-refractivity contribution in [2.75, 3.05) is 26.2 Å². The summed E-state index contributed by atoms with van der Waals surface area (Å²) >= 11 is 5.97. The lowest BCUT2D eigenvalue weighted by Crippen LogP contribution is -2.45. The second kappa shape index (κ2) is 7.86. The number of piperazine rings is 1. The molecule has 1 saturated heterocycles. The van der Waals surface area contributed by atoms with Gasteiger partial charge in [-0.2, -0.15) is 13.2 Å². The number of hydrogen-bond acceptors (Lipinski definition) is 2. The summed E-state index contributed by atoms with van der Waals surface area (Å²) in [6.45, 7) is 7.69. The molecular weight excluding hydrogens is 325 g/mol. The highest BCUT2D eigenvalue weighted by atomic mass is 35.5. The van der Waals surface area contributed by atoms with E-state index in [1.54, 1.807) is 6.07 Å². The van der Waals surface area contributed by atoms with Gasteiger partial charge >= 0.3 is 6.18 Å². The molecule has 1 aromatic rings. The Balaban J connectivity index is 2.31. The first-order valence-electron chi connectivity index (χ1n) is 8.10. The Labute approximate surface area is 141 Å². The number of nitrogens with zero attached hydrogens (tertiary/aromatic N) is 1. The second-order valence-corrected chi connectivity index (χ2v) is 6.98. The Morgan fingerprint density at radius 2 is 1.78 bits per heavy atom. The molecule has 130 valence electrons. The minimum atomic E-state index is -4.37. The van der Waals surface area contributed by atoms with E-state index in [9.17, 15) is 13.2 Å². The van der Waals surface area contributed by atoms with Gasteiger partial charge in [0.2, 0.25) is 0 Å². The lowest BCUT2D eigenvalue weighted by molar-refractivity contribution is -0.137. The number of alkyl halides is 3. The number of rotatable bonds is 5. The molecule has 6 heteroatoms. The zero-order chi connectivity index (χ0) is 17.0. The number of benzene rings is 1. The standard InChI is InChI=1S/C17H24ClF3N2/c1-12(2)3-4-16(23-7-5-22-6-8-23)13-9-14(17(19,20)21)11-15(18)10-13/h9-12,16,22H,3-8H2,1-2H3/t16-/m0/s1. The summed E-state index contributed by atoms with van der Waals surface area (Å²) in [5.74, 6) is 0.515. The van der Waals surface area contributed by atoms with Gasteiger partial charge in [-0.3, -0.25) is 4.90 Å². The van der Waals surface area contributed by atoms with Gasteiger partial charge in [0.25, 0.3) is 0 Å². The van der Waals surface area contributed by atoms with Crippen LogP contribution in [0.25, 0.3) is 0 Å². The first-order chi connectivity index (χ1) is 10.8. The van der Waals surface area contributed by atoms with E-state index >= 15 is 0 Å². The van der Waals surface area contributed by atoms with E-state index in [0.717, 1.165) is 45.1 Å². The SMILES string of the molecule is CC(C)CC[C@@H](c1cc(Cl)cc(C(F)(F)F)c1)N1CCNCC1. The highest BCUT2D eigenvalue weighted by Gasteiger charge is 2.32. The van der Waals surface area contributed by atoms with Crippen molar-refractivity contribution in [1.82, 2.24) is 10.2 Å². The fraction of sp³-hybridized carbons (Fsp3) is 0.647. The second-order valence-electron chi connectivity index (χ2n) is 6.54. The van der Waals surface area contributed by atoms with Gasteiger partial charge in [-0.25, -0.2) is 0 Å². The summed E-state index contributed by atoms with van der Waals surface area (Å²) in [4.78, 5) is 2.27. The molecule has 0 aliphatic carbocycles. The van der Waals surface area contributed by atoms with Crippen LogP contribution in [0.3, 0.4) is 0 Å². The van der Waals surface area contributed by atoms with Gasteiger partial charge in [0.15, 0.2) is 0 Å². The molecule has 0 radical (unpaired) electrons. The average Bonchev–Trinajstić information content (AvgIpc) is 2.47. The van der Waals surface area contributed by atoms with Crippen molar-refractivity contribution in [3.05, 3.63) is 34.3 Å². The highest BCUT2D eigenvalue weighted by Crippen LogP contribution is 2.36. The van der Waals surface area contributed by atoms with E-state index in [2.05, 4.69) is 24.1 Å². The van der Waals surface area contributed by atoms with Gasteiger partial charge in [0.1, 0.15) is 0 Å². The lowest BCUT2D eigenvalue weighted by atomic mass is 9.94. The molecule has 2 nitrogen and oxygen atoms in total. The molecule has 2 rings (SSSR count). The maximum atomic E-state index is 13.1. The summed E-state index contributed by atoms with van der Waals surface area (Å²) in [5, 5.41) is 3.44. The van der Waals surface area contributed by atoms with Crippen LogP contribution < -0.4 is 5.32 Å². The van der Waals surface area contributed by atoms with Gasteiger partial charge < -0.3 is 5.32 Å². The maximum Gasteiger partial charge on any atom is 0.416 e. The monoisotopic (exact) mass is 348 g/mol. The molecule has 0 amide bonds. The topological polar surface area (TPSA) is 15.3 Å². The van der Waals surface area contributed by atoms with Crippen molar-refractivity contribution < 1.29 is 13.2 Å². The molecule has 1 aliphatic heterocycles. The summed E-state index contributed by atoms with van der Waals surface area (Å²) < 4.78 is 39.3. The molecule has 0 unspecified atom stereocenters. The van der Waals surface area contributed by atoms with Crippen LogP contribution in [0.15, 0.2) is 18.2 Å². The van der Waals surface area contributed by atoms with Gasteiger partial charge in [0.05, 0.1) is 5.56 Å². The summed E-state index contributed by atoms with van der Waals surface area (Å²) in [6, 6.07) is 3.93. The van der Waals surface area contributed by atoms with Crippen LogP contribution in [-0.4, -0.2) is 31.1 Å². The molecule has 0 aromatic heterocycles. The van der Waals surface area contributed by atoms with E-state index in [1.165, 1.54) is 6.07 Å². The fourth-order valence-electron chi connectivity index (χ4n) is 3.01. The van der Waals surface area contributed by atoms with Crippen molar-refractivity contribution in [1.29, 1.82) is 0 Å². The molecule has 23 heavy (non-hydrogen) atoms. The van der Waals surface area contributed by atoms with Crippen LogP contribution in [-0.2, 0) is 6.18 Å². The molecule has 0 spiro atoms. The highest BCUT2D eigenvalue weighted by molar-refractivity contribution is 6.30. The minimum Gasteiger partial charge on any atom is -0.314 e. The van der Waals surface area contributed by atoms with Crippen molar-refractivity contribution in [3.63, 3.8) is 0 Å². The molecule has 1 aliphatic rings. The van der Waals surface area contributed by atoms with E-state index in [-0.39, 0.29) is 11.1 Å². The first kappa shape index (κ1) is 18.6. The third kappa shape index (κ3) is 5.37. The molecule has 1 atom stereocenters. The summed E-state index contributed by atoms with van der Waals surface area (Å²) in [6.07, 6.45) is -2.55. The number of halogens is 4. The zero-order valence-electron chi connectivity index (χ0n) is 13.6. The molecule has 1 aromatic carbocycles. The smallest absolute Gasteiger partial charge is 0.314 e. The first-order valence-corrected chi connectivity index (χ1v) is 8.47. The largest absolute Gasteiger partial charge is 0.416 e. The Kier molecular flexibility index (Phi) is 6.34. The fourth-order valence-corrected chi connectivity index (χ4v) is 3.26. The minimum absolute atomic E-state index is 0.0145. The Bertz CT molecular complexity index is 511. The zero-order valence-corrected chi connectivity index (χ0v) is 14.3. The van der Waals surface area contributed by atoms with Gasteiger partial charge in [-0.1, -0.05) is 25.4 Å². The van der Waals surface area contributed by atoms with Crippen LogP contribution in [0.2, 0.25) is 5.02 Å². The predicted molar refractivity (Wildman–Crippen MR) is 87.7 cm³/mol. The Hall–Kier alpha value is -0.780. The van der Waals surface area contributed by atoms with Gasteiger partial charge in [-0.15, -0.1) is 0 Å². The predicted octanol–water partition coefficient (Wildman–Crippen LogP) is 4.74. The molecule has 0 saturated carbocycles. The molecular formula is C17H24ClF3N2. The third-order valence-corrected chi connectivity index (χ3v) is 4.46. The van der Waals surface area contributed by atoms with Crippen molar-refractivity contribution in [2.24, 2.45) is 5.92 Å². The lowest BCUT2D eigenvalue weighted by Gasteiger charge is -2.36. The quantitative estimate of drug-likeness (QED) is 0.826. The number of hydrogen-bond donors (Lipinski definition) is 1. The van der Waals surface area contributed by atoms with E-state index in [1.807, 2.05) is 0 Å². The van der Waals surface area contributed by atoms with Crippen molar-refractivity contribution in [2.45, 2.75) is 38.9 Å². The average molecular weight is 349 g/mol. The van der Waals surface area contributed by atoms with Gasteiger partial charge in [-0.05, 0) is 42.5 Å². The molecule has 0 bridgehead atoms.